The van der Waals surface area contributed by atoms with Crippen LogP contribution in [0, 0.1) is 13.8 Å². The van der Waals surface area contributed by atoms with E-state index in [0.29, 0.717) is 5.56 Å². The van der Waals surface area contributed by atoms with Gasteiger partial charge >= 0.3 is 5.97 Å². The van der Waals surface area contributed by atoms with Crippen molar-refractivity contribution in [1.29, 1.82) is 0 Å². The Hall–Kier alpha value is -1.84. The molecule has 0 spiro atoms. The molecule has 2 heterocycles. The van der Waals surface area contributed by atoms with Crippen LogP contribution < -0.4 is 0 Å². The maximum absolute atomic E-state index is 11.4. The van der Waals surface area contributed by atoms with Crippen LogP contribution in [0.3, 0.4) is 0 Å². The maximum Gasteiger partial charge on any atom is 0.339 e. The summed E-state index contributed by atoms with van der Waals surface area (Å²) in [7, 11) is 1.38. The predicted octanol–water partition coefficient (Wildman–Crippen LogP) is 2.76. The van der Waals surface area contributed by atoms with E-state index in [2.05, 4.69) is 9.72 Å². The summed E-state index contributed by atoms with van der Waals surface area (Å²) in [5, 5.41) is 0. The number of ether oxygens (including phenoxy) is 1. The first-order valence-electron chi connectivity index (χ1n) is 5.66. The molecule has 0 saturated heterocycles. The standard InChI is InChI=1S/C11H12N2O2.C2H6/c1-7-4-9(11(14)15-3)6-13-8(2)5-12-10(7)13;1-2/h4-6H,1-3H3;1-2H3. The normalized spacial score (nSPS) is 9.71. The van der Waals surface area contributed by atoms with Gasteiger partial charge in [-0.25, -0.2) is 9.78 Å². The zero-order valence-electron chi connectivity index (χ0n) is 10.9. The summed E-state index contributed by atoms with van der Waals surface area (Å²) in [6.45, 7) is 7.87. The van der Waals surface area contributed by atoms with Gasteiger partial charge in [-0.1, -0.05) is 13.8 Å². The number of rotatable bonds is 1. The summed E-state index contributed by atoms with van der Waals surface area (Å²) in [5.41, 5.74) is 3.38. The van der Waals surface area contributed by atoms with Gasteiger partial charge in [0.15, 0.2) is 0 Å². The largest absolute Gasteiger partial charge is 0.465 e. The monoisotopic (exact) mass is 234 g/mol. The first kappa shape index (κ1) is 13.2. The summed E-state index contributed by atoms with van der Waals surface area (Å²) < 4.78 is 6.57. The second-order valence-electron chi connectivity index (χ2n) is 3.50. The van der Waals surface area contributed by atoms with Crippen LogP contribution in [0.1, 0.15) is 35.5 Å². The van der Waals surface area contributed by atoms with E-state index in [1.165, 1.54) is 7.11 Å². The van der Waals surface area contributed by atoms with Gasteiger partial charge in [0.1, 0.15) is 5.65 Å². The van der Waals surface area contributed by atoms with E-state index in [0.717, 1.165) is 16.9 Å². The number of aromatic nitrogens is 2. The van der Waals surface area contributed by atoms with E-state index >= 15 is 0 Å². The van der Waals surface area contributed by atoms with E-state index in [9.17, 15) is 4.79 Å². The van der Waals surface area contributed by atoms with Crippen LogP contribution in [0.5, 0.6) is 0 Å². The van der Waals surface area contributed by atoms with Crippen molar-refractivity contribution in [2.45, 2.75) is 27.7 Å². The third-order valence-corrected chi connectivity index (χ3v) is 2.40. The fraction of sp³-hybridized carbons (Fsp3) is 0.385. The zero-order chi connectivity index (χ0) is 13.0. The van der Waals surface area contributed by atoms with Gasteiger partial charge in [0, 0.05) is 18.1 Å². The first-order valence-corrected chi connectivity index (χ1v) is 5.66. The van der Waals surface area contributed by atoms with Crippen molar-refractivity contribution in [3.63, 3.8) is 0 Å². The lowest BCUT2D eigenvalue weighted by Gasteiger charge is -2.04. The summed E-state index contributed by atoms with van der Waals surface area (Å²) in [6, 6.07) is 1.79. The highest BCUT2D eigenvalue weighted by Crippen LogP contribution is 2.14. The van der Waals surface area contributed by atoms with E-state index in [1.54, 1.807) is 18.5 Å². The summed E-state index contributed by atoms with van der Waals surface area (Å²) >= 11 is 0. The van der Waals surface area contributed by atoms with Crippen molar-refractivity contribution < 1.29 is 9.53 Å². The van der Waals surface area contributed by atoms with E-state index < -0.39 is 0 Å². The fourth-order valence-corrected chi connectivity index (χ4v) is 1.60. The molecule has 0 aliphatic rings. The molecule has 0 aromatic carbocycles. The highest BCUT2D eigenvalue weighted by Gasteiger charge is 2.10. The molecule has 92 valence electrons. The van der Waals surface area contributed by atoms with Gasteiger partial charge in [-0.05, 0) is 25.5 Å². The number of hydrogen-bond donors (Lipinski definition) is 0. The minimum absolute atomic E-state index is 0.326. The Kier molecular flexibility index (Phi) is 4.26. The lowest BCUT2D eigenvalue weighted by molar-refractivity contribution is 0.0600. The molecule has 0 atom stereocenters. The average Bonchev–Trinajstić information content (AvgIpc) is 2.73. The minimum Gasteiger partial charge on any atom is -0.465 e. The molecule has 4 heteroatoms. The highest BCUT2D eigenvalue weighted by molar-refractivity contribution is 5.89. The number of imidazole rings is 1. The third kappa shape index (κ3) is 2.46. The molecule has 2 aromatic rings. The highest BCUT2D eigenvalue weighted by atomic mass is 16.5. The SMILES string of the molecule is CC.COC(=O)c1cc(C)c2ncc(C)n2c1. The van der Waals surface area contributed by atoms with E-state index in [-0.39, 0.29) is 5.97 Å². The van der Waals surface area contributed by atoms with E-state index in [4.69, 9.17) is 0 Å². The molecule has 0 aliphatic heterocycles. The van der Waals surface area contributed by atoms with Gasteiger partial charge in [-0.15, -0.1) is 0 Å². The smallest absolute Gasteiger partial charge is 0.339 e. The lowest BCUT2D eigenvalue weighted by Crippen LogP contribution is -2.04. The average molecular weight is 234 g/mol. The molecular weight excluding hydrogens is 216 g/mol. The Morgan fingerprint density at radius 1 is 1.35 bits per heavy atom. The van der Waals surface area contributed by atoms with Gasteiger partial charge in [0.25, 0.3) is 0 Å². The first-order chi connectivity index (χ1) is 8.13. The number of aryl methyl sites for hydroxylation is 2. The zero-order valence-corrected chi connectivity index (χ0v) is 10.9. The Balaban J connectivity index is 0.000000686. The van der Waals surface area contributed by atoms with Gasteiger partial charge in [0.2, 0.25) is 0 Å². The molecule has 2 rings (SSSR count). The van der Waals surface area contributed by atoms with Crippen LogP contribution in [-0.4, -0.2) is 22.5 Å². The van der Waals surface area contributed by atoms with Crippen LogP contribution >= 0.6 is 0 Å². The second kappa shape index (κ2) is 5.48. The second-order valence-corrected chi connectivity index (χ2v) is 3.50. The number of methoxy groups -OCH3 is 1. The molecule has 0 aliphatic carbocycles. The van der Waals surface area contributed by atoms with Crippen LogP contribution in [0.15, 0.2) is 18.5 Å². The minimum atomic E-state index is -0.326. The molecule has 0 radical (unpaired) electrons. The van der Waals surface area contributed by atoms with Gasteiger partial charge in [-0.2, -0.15) is 0 Å². The molecule has 0 bridgehead atoms. The summed E-state index contributed by atoms with van der Waals surface area (Å²) in [6.07, 6.45) is 3.53. The predicted molar refractivity (Wildman–Crippen MR) is 67.4 cm³/mol. The van der Waals surface area contributed by atoms with Crippen LogP contribution in [0.25, 0.3) is 5.65 Å². The van der Waals surface area contributed by atoms with E-state index in [1.807, 2.05) is 32.1 Å². The van der Waals surface area contributed by atoms with Crippen LogP contribution in [-0.2, 0) is 4.74 Å². The molecule has 4 nitrogen and oxygen atoms in total. The molecule has 0 fully saturated rings. The summed E-state index contributed by atoms with van der Waals surface area (Å²) in [5.74, 6) is -0.326. The number of nitrogens with zero attached hydrogens (tertiary/aromatic N) is 2. The van der Waals surface area contributed by atoms with Gasteiger partial charge < -0.3 is 9.14 Å². The maximum atomic E-state index is 11.4. The number of carbonyl (C=O) groups is 1. The quantitative estimate of drug-likeness (QED) is 0.713. The van der Waals surface area contributed by atoms with Crippen molar-refractivity contribution in [1.82, 2.24) is 9.38 Å². The molecule has 0 amide bonds. The Labute approximate surface area is 101 Å². The van der Waals surface area contributed by atoms with Crippen molar-refractivity contribution in [3.8, 4) is 0 Å². The number of esters is 1. The molecule has 0 saturated carbocycles. The Morgan fingerprint density at radius 2 is 2.00 bits per heavy atom. The Morgan fingerprint density at radius 3 is 2.59 bits per heavy atom. The fourth-order valence-electron chi connectivity index (χ4n) is 1.60. The number of hydrogen-bond acceptors (Lipinski definition) is 3. The van der Waals surface area contributed by atoms with Gasteiger partial charge in [0.05, 0.1) is 12.7 Å². The third-order valence-electron chi connectivity index (χ3n) is 2.40. The number of fused-ring (bicyclic) bond motifs is 1. The molecular formula is C13H18N2O2. The van der Waals surface area contributed by atoms with Gasteiger partial charge in [-0.3, -0.25) is 0 Å². The van der Waals surface area contributed by atoms with Crippen LogP contribution in [0.2, 0.25) is 0 Å². The number of carbonyl (C=O) groups excluding carboxylic acids is 1. The van der Waals surface area contributed by atoms with Crippen molar-refractivity contribution in [2.75, 3.05) is 7.11 Å². The molecule has 17 heavy (non-hydrogen) atoms. The van der Waals surface area contributed by atoms with Crippen molar-refractivity contribution in [3.05, 3.63) is 35.3 Å². The molecule has 2 aromatic heterocycles. The number of pyridine rings is 1. The summed E-state index contributed by atoms with van der Waals surface area (Å²) in [4.78, 5) is 15.6. The van der Waals surface area contributed by atoms with Crippen molar-refractivity contribution in [2.24, 2.45) is 0 Å². The molecule has 0 N–H and O–H groups in total. The molecule has 0 unspecified atom stereocenters. The Bertz CT molecular complexity index is 529. The van der Waals surface area contributed by atoms with Crippen molar-refractivity contribution >= 4 is 11.6 Å². The van der Waals surface area contributed by atoms with Crippen LogP contribution in [0.4, 0.5) is 0 Å². The topological polar surface area (TPSA) is 43.6 Å². The lowest BCUT2D eigenvalue weighted by atomic mass is 10.2.